The van der Waals surface area contributed by atoms with Crippen molar-refractivity contribution >= 4 is 17.6 Å². The van der Waals surface area contributed by atoms with Crippen LogP contribution in [-0.2, 0) is 34.3 Å². The fourth-order valence-electron chi connectivity index (χ4n) is 5.45. The smallest absolute Gasteiger partial charge is 0.449 e. The molecule has 45 heavy (non-hydrogen) atoms. The number of hydrogen-bond acceptors (Lipinski definition) is 5. The first kappa shape index (κ1) is 33.3. The van der Waals surface area contributed by atoms with Crippen LogP contribution >= 0.6 is 0 Å². The van der Waals surface area contributed by atoms with Crippen molar-refractivity contribution in [1.82, 2.24) is 4.90 Å². The number of nitrogens with two attached hydrogens (primary N) is 1. The molecule has 2 heterocycles. The topological polar surface area (TPSA) is 109 Å². The third-order valence-electron chi connectivity index (χ3n) is 8.39. The Kier molecular flexibility index (Phi) is 9.75. The van der Waals surface area contributed by atoms with Gasteiger partial charge in [-0.1, -0.05) is 62.4 Å². The molecule has 2 aromatic carbocycles. The van der Waals surface area contributed by atoms with Crippen LogP contribution in [0.3, 0.4) is 0 Å². The van der Waals surface area contributed by atoms with Crippen molar-refractivity contribution in [3.63, 3.8) is 0 Å². The van der Waals surface area contributed by atoms with Crippen molar-refractivity contribution < 1.29 is 32.3 Å². The van der Waals surface area contributed by atoms with Gasteiger partial charge in [0.2, 0.25) is 11.7 Å². The van der Waals surface area contributed by atoms with E-state index in [1.165, 1.54) is 17.2 Å². The standard InChI is InChI=1S/C35H38F3N3O4/c1-6-29-28(16-17-39)31(21(2)22(3)40-29)32(42)41(20-27-14-15-30(45-27)35(36,37)38)19-23-10-12-24(13-11-23)25-8-7-9-26(18-25)34(4,5)33(43)44/h7-18,21,31H,6,19-20,39H2,1-5H3,(H,43,44)/b17-16-. The molecule has 3 aromatic rings. The average molecular weight is 622 g/mol. The highest BCUT2D eigenvalue weighted by atomic mass is 19.4. The van der Waals surface area contributed by atoms with Gasteiger partial charge in [0.1, 0.15) is 5.76 Å². The number of carboxylic acids is 1. The summed E-state index contributed by atoms with van der Waals surface area (Å²) in [5.41, 5.74) is 9.98. The minimum Gasteiger partial charge on any atom is -0.481 e. The highest BCUT2D eigenvalue weighted by molar-refractivity contribution is 5.95. The zero-order chi connectivity index (χ0) is 33.1. The van der Waals surface area contributed by atoms with E-state index in [2.05, 4.69) is 4.99 Å². The van der Waals surface area contributed by atoms with Gasteiger partial charge in [-0.05, 0) is 79.4 Å². The zero-order valence-electron chi connectivity index (χ0n) is 26.0. The van der Waals surface area contributed by atoms with Crippen LogP contribution in [-0.4, -0.2) is 27.6 Å². The summed E-state index contributed by atoms with van der Waals surface area (Å²) in [7, 11) is 0. The Hall–Kier alpha value is -4.60. The van der Waals surface area contributed by atoms with Crippen LogP contribution in [0.25, 0.3) is 11.1 Å². The highest BCUT2D eigenvalue weighted by Gasteiger charge is 2.38. The Morgan fingerprint density at radius 1 is 1.04 bits per heavy atom. The SMILES string of the molecule is CCC1=C(/C=C\N)C(C(=O)N(Cc2ccc(-c3cccc(C(C)(C)C(=O)O)c3)cc2)Cc2ccc(C(F)(F)F)o2)C(C)C(C)=N1. The fourth-order valence-corrected chi connectivity index (χ4v) is 5.45. The third-order valence-corrected chi connectivity index (χ3v) is 8.39. The van der Waals surface area contributed by atoms with Crippen LogP contribution in [0.15, 0.2) is 93.6 Å². The van der Waals surface area contributed by atoms with E-state index in [4.69, 9.17) is 10.2 Å². The zero-order valence-corrected chi connectivity index (χ0v) is 26.0. The molecule has 0 fully saturated rings. The number of aliphatic carboxylic acids is 1. The van der Waals surface area contributed by atoms with Gasteiger partial charge in [-0.15, -0.1) is 0 Å². The van der Waals surface area contributed by atoms with Gasteiger partial charge in [0.05, 0.1) is 17.9 Å². The molecule has 10 heteroatoms. The molecule has 0 spiro atoms. The molecule has 4 rings (SSSR count). The lowest BCUT2D eigenvalue weighted by Crippen LogP contribution is -2.41. The van der Waals surface area contributed by atoms with E-state index in [9.17, 15) is 27.9 Å². The lowest BCUT2D eigenvalue weighted by molar-refractivity contribution is -0.153. The maximum atomic E-state index is 14.3. The first-order valence-corrected chi connectivity index (χ1v) is 14.7. The predicted octanol–water partition coefficient (Wildman–Crippen LogP) is 7.72. The molecule has 1 aliphatic heterocycles. The number of furan rings is 1. The van der Waals surface area contributed by atoms with E-state index in [0.717, 1.165) is 34.2 Å². The summed E-state index contributed by atoms with van der Waals surface area (Å²) in [6.45, 7) is 8.92. The molecule has 0 aliphatic carbocycles. The molecule has 3 N–H and O–H groups in total. The summed E-state index contributed by atoms with van der Waals surface area (Å²) >= 11 is 0. The predicted molar refractivity (Wildman–Crippen MR) is 167 cm³/mol. The number of amides is 1. The fraction of sp³-hybridized carbons (Fsp3) is 0.343. The number of carbonyl (C=O) groups is 2. The van der Waals surface area contributed by atoms with Crippen molar-refractivity contribution in [2.75, 3.05) is 0 Å². The number of nitrogens with zero attached hydrogens (tertiary/aromatic N) is 2. The normalized spacial score (nSPS) is 17.5. The number of carboxylic acid groups (broad SMARTS) is 1. The van der Waals surface area contributed by atoms with Gasteiger partial charge < -0.3 is 20.2 Å². The molecule has 238 valence electrons. The lowest BCUT2D eigenvalue weighted by Gasteiger charge is -2.34. The average Bonchev–Trinajstić information content (AvgIpc) is 3.48. The van der Waals surface area contributed by atoms with Crippen molar-refractivity contribution in [1.29, 1.82) is 0 Å². The molecular weight excluding hydrogens is 583 g/mol. The van der Waals surface area contributed by atoms with Crippen LogP contribution < -0.4 is 5.73 Å². The van der Waals surface area contributed by atoms with E-state index < -0.39 is 29.2 Å². The van der Waals surface area contributed by atoms with Gasteiger partial charge in [-0.3, -0.25) is 14.6 Å². The molecule has 0 radical (unpaired) electrons. The first-order valence-electron chi connectivity index (χ1n) is 14.7. The second kappa shape index (κ2) is 13.2. The summed E-state index contributed by atoms with van der Waals surface area (Å²) < 4.78 is 45.1. The molecule has 1 aliphatic rings. The van der Waals surface area contributed by atoms with Crippen molar-refractivity contribution in [2.45, 2.75) is 65.7 Å². The summed E-state index contributed by atoms with van der Waals surface area (Å²) in [6.07, 6.45) is -1.03. The van der Waals surface area contributed by atoms with E-state index in [0.29, 0.717) is 17.6 Å². The number of allylic oxidation sites excluding steroid dienone is 2. The number of hydrogen-bond donors (Lipinski definition) is 2. The lowest BCUT2D eigenvalue weighted by atomic mass is 9.79. The van der Waals surface area contributed by atoms with E-state index in [1.54, 1.807) is 26.0 Å². The van der Waals surface area contributed by atoms with Crippen molar-refractivity contribution in [2.24, 2.45) is 22.6 Å². The molecular formula is C35H38F3N3O4. The summed E-state index contributed by atoms with van der Waals surface area (Å²) in [5.74, 6) is -3.25. The van der Waals surface area contributed by atoms with Gasteiger partial charge in [-0.2, -0.15) is 13.2 Å². The number of benzene rings is 2. The van der Waals surface area contributed by atoms with Gasteiger partial charge in [-0.25, -0.2) is 0 Å². The molecule has 0 bridgehead atoms. The Morgan fingerprint density at radius 2 is 1.73 bits per heavy atom. The number of carbonyl (C=O) groups excluding carboxylic acids is 1. The summed E-state index contributed by atoms with van der Waals surface area (Å²) in [4.78, 5) is 32.3. The van der Waals surface area contributed by atoms with Crippen molar-refractivity contribution in [3.05, 3.63) is 107 Å². The molecule has 7 nitrogen and oxygen atoms in total. The Bertz CT molecular complexity index is 1650. The molecule has 1 aromatic heterocycles. The van der Waals surface area contributed by atoms with Gasteiger partial charge in [0, 0.05) is 23.9 Å². The molecule has 0 saturated carbocycles. The second-order valence-electron chi connectivity index (χ2n) is 11.8. The van der Waals surface area contributed by atoms with Crippen molar-refractivity contribution in [3.8, 4) is 11.1 Å². The van der Waals surface area contributed by atoms with E-state index in [1.807, 2.05) is 63.2 Å². The number of alkyl halides is 3. The summed E-state index contributed by atoms with van der Waals surface area (Å²) in [6, 6.07) is 16.9. The third kappa shape index (κ3) is 7.21. The summed E-state index contributed by atoms with van der Waals surface area (Å²) in [5, 5.41) is 9.65. The Morgan fingerprint density at radius 3 is 2.31 bits per heavy atom. The molecule has 1 amide bonds. The van der Waals surface area contributed by atoms with E-state index in [-0.39, 0.29) is 30.7 Å². The van der Waals surface area contributed by atoms with Crippen LogP contribution in [0.1, 0.15) is 63.7 Å². The van der Waals surface area contributed by atoms with Crippen LogP contribution in [0.2, 0.25) is 0 Å². The number of halogens is 3. The van der Waals surface area contributed by atoms with Gasteiger partial charge in [0.25, 0.3) is 0 Å². The van der Waals surface area contributed by atoms with E-state index >= 15 is 0 Å². The number of aliphatic imine (C=N–C) groups is 1. The maximum absolute atomic E-state index is 14.3. The molecule has 2 atom stereocenters. The monoisotopic (exact) mass is 621 g/mol. The molecule has 2 unspecified atom stereocenters. The first-order chi connectivity index (χ1) is 21.2. The highest BCUT2D eigenvalue weighted by Crippen LogP contribution is 2.36. The Labute approximate surface area is 260 Å². The minimum absolute atomic E-state index is 0.00891. The largest absolute Gasteiger partial charge is 0.481 e. The number of rotatable bonds is 10. The minimum atomic E-state index is -4.65. The van der Waals surface area contributed by atoms with Crippen LogP contribution in [0, 0.1) is 11.8 Å². The van der Waals surface area contributed by atoms with Crippen LogP contribution in [0.4, 0.5) is 13.2 Å². The second-order valence-corrected chi connectivity index (χ2v) is 11.8. The van der Waals surface area contributed by atoms with Gasteiger partial charge in [0.15, 0.2) is 0 Å². The maximum Gasteiger partial charge on any atom is 0.449 e. The Balaban J connectivity index is 1.69. The van der Waals surface area contributed by atoms with Crippen LogP contribution in [0.5, 0.6) is 0 Å². The van der Waals surface area contributed by atoms with Gasteiger partial charge >= 0.3 is 12.1 Å². The quantitative estimate of drug-likeness (QED) is 0.241. The molecule has 0 saturated heterocycles.